The van der Waals surface area contributed by atoms with Crippen molar-refractivity contribution in [1.29, 1.82) is 0 Å². The quantitative estimate of drug-likeness (QED) is 0.581. The smallest absolute Gasteiger partial charge is 0.180 e. The Morgan fingerprint density at radius 1 is 1.13 bits per heavy atom. The maximum atomic E-state index is 12.3. The number of fused-ring (bicyclic) bond motifs is 1. The molecular weight excluding hydrogens is 378 g/mol. The van der Waals surface area contributed by atoms with E-state index in [-0.39, 0.29) is 5.78 Å². The lowest BCUT2D eigenvalue weighted by Crippen LogP contribution is -2.39. The number of ether oxygens (including phenoxy) is 1. The number of carbonyl (C=O) groups excluding carboxylic acids is 1. The van der Waals surface area contributed by atoms with Crippen molar-refractivity contribution in [1.82, 2.24) is 19.3 Å². The van der Waals surface area contributed by atoms with Crippen LogP contribution in [0.3, 0.4) is 0 Å². The monoisotopic (exact) mass is 405 g/mol. The maximum Gasteiger partial charge on any atom is 0.180 e. The molecule has 7 heteroatoms. The van der Waals surface area contributed by atoms with Gasteiger partial charge in [0.15, 0.2) is 17.2 Å². The molecule has 2 aromatic heterocycles. The van der Waals surface area contributed by atoms with Crippen LogP contribution in [-0.2, 0) is 4.74 Å². The number of imidazole rings is 1. The summed E-state index contributed by atoms with van der Waals surface area (Å²) in [4.78, 5) is 23.8. The summed E-state index contributed by atoms with van der Waals surface area (Å²) in [5.41, 5.74) is 3.63. The minimum Gasteiger partial charge on any atom is -0.379 e. The van der Waals surface area contributed by atoms with Crippen LogP contribution in [0.1, 0.15) is 29.6 Å². The van der Waals surface area contributed by atoms with Crippen molar-refractivity contribution >= 4 is 17.2 Å². The van der Waals surface area contributed by atoms with Gasteiger partial charge >= 0.3 is 0 Å². The van der Waals surface area contributed by atoms with Gasteiger partial charge in [-0.3, -0.25) is 14.1 Å². The lowest BCUT2D eigenvalue weighted by molar-refractivity contribution is 0.0398. The molecular formula is C23H27N5O2. The molecule has 7 nitrogen and oxygen atoms in total. The Balaban J connectivity index is 1.29. The van der Waals surface area contributed by atoms with E-state index in [1.807, 2.05) is 41.1 Å². The van der Waals surface area contributed by atoms with Crippen LogP contribution in [0.5, 0.6) is 0 Å². The van der Waals surface area contributed by atoms with Crippen LogP contribution in [0.25, 0.3) is 16.9 Å². The number of Topliss-reactive ketones (excluding diaryl/α,β-unsaturated/α-hetero) is 1. The van der Waals surface area contributed by atoms with E-state index in [2.05, 4.69) is 20.2 Å². The summed E-state index contributed by atoms with van der Waals surface area (Å²) < 4.78 is 7.45. The van der Waals surface area contributed by atoms with Gasteiger partial charge in [0.1, 0.15) is 0 Å². The largest absolute Gasteiger partial charge is 0.379 e. The molecule has 2 fully saturated rings. The molecule has 1 saturated carbocycles. The number of hydrogen-bond acceptors (Lipinski definition) is 6. The fourth-order valence-electron chi connectivity index (χ4n) is 3.94. The van der Waals surface area contributed by atoms with Gasteiger partial charge in [0.25, 0.3) is 0 Å². The van der Waals surface area contributed by atoms with Gasteiger partial charge < -0.3 is 10.1 Å². The lowest BCUT2D eigenvalue weighted by Gasteiger charge is -2.26. The molecule has 2 aliphatic rings. The minimum absolute atomic E-state index is 0.248. The first-order valence-corrected chi connectivity index (χ1v) is 10.8. The van der Waals surface area contributed by atoms with Crippen LogP contribution in [0.15, 0.2) is 42.9 Å². The summed E-state index contributed by atoms with van der Waals surface area (Å²) in [6.45, 7) is 5.34. The second kappa shape index (κ2) is 8.53. The maximum absolute atomic E-state index is 12.3. The Bertz CT molecular complexity index is 1020. The molecule has 0 spiro atoms. The zero-order valence-corrected chi connectivity index (χ0v) is 17.1. The summed E-state index contributed by atoms with van der Waals surface area (Å²) in [6.07, 6.45) is 8.66. The average molecular weight is 406 g/mol. The SMILES string of the molecule is O=C(CC1CC1)c1ccc(-c2cnc3c(NCCN4CCOCC4)nccn23)cc1. The fraction of sp³-hybridized carbons (Fsp3) is 0.435. The summed E-state index contributed by atoms with van der Waals surface area (Å²) in [5.74, 6) is 1.64. The third-order valence-corrected chi connectivity index (χ3v) is 5.93. The number of aromatic nitrogens is 3. The Morgan fingerprint density at radius 2 is 1.93 bits per heavy atom. The molecule has 0 radical (unpaired) electrons. The number of hydrogen-bond donors (Lipinski definition) is 1. The van der Waals surface area contributed by atoms with Crippen molar-refractivity contribution in [2.24, 2.45) is 5.92 Å². The first kappa shape index (κ1) is 19.2. The number of nitrogens with one attached hydrogen (secondary N) is 1. The first-order chi connectivity index (χ1) is 14.8. The van der Waals surface area contributed by atoms with Crippen molar-refractivity contribution in [3.8, 4) is 11.3 Å². The second-order valence-electron chi connectivity index (χ2n) is 8.14. The Morgan fingerprint density at radius 3 is 2.70 bits per heavy atom. The van der Waals surface area contributed by atoms with Crippen molar-refractivity contribution in [2.75, 3.05) is 44.7 Å². The highest BCUT2D eigenvalue weighted by molar-refractivity contribution is 5.96. The highest BCUT2D eigenvalue weighted by Gasteiger charge is 2.24. The molecule has 5 rings (SSSR count). The van der Waals surface area contributed by atoms with Crippen LogP contribution in [-0.4, -0.2) is 64.4 Å². The number of morpholine rings is 1. The number of anilines is 1. The summed E-state index contributed by atoms with van der Waals surface area (Å²) in [7, 11) is 0. The predicted molar refractivity (Wildman–Crippen MR) is 116 cm³/mol. The first-order valence-electron chi connectivity index (χ1n) is 10.8. The van der Waals surface area contributed by atoms with Crippen LogP contribution >= 0.6 is 0 Å². The zero-order valence-electron chi connectivity index (χ0n) is 17.1. The number of carbonyl (C=O) groups is 1. The van der Waals surface area contributed by atoms with E-state index in [0.29, 0.717) is 12.3 Å². The van der Waals surface area contributed by atoms with Gasteiger partial charge in [-0.2, -0.15) is 0 Å². The Labute approximate surface area is 176 Å². The van der Waals surface area contributed by atoms with E-state index in [1.165, 1.54) is 12.8 Å². The van der Waals surface area contributed by atoms with Crippen molar-refractivity contribution in [3.63, 3.8) is 0 Å². The number of benzene rings is 1. The molecule has 0 atom stereocenters. The molecule has 156 valence electrons. The lowest BCUT2D eigenvalue weighted by atomic mass is 10.0. The summed E-state index contributed by atoms with van der Waals surface area (Å²) >= 11 is 0. The van der Waals surface area contributed by atoms with Gasteiger partial charge in [0.05, 0.1) is 25.1 Å². The van der Waals surface area contributed by atoms with E-state index in [4.69, 9.17) is 4.74 Å². The molecule has 1 aliphatic heterocycles. The molecule has 1 saturated heterocycles. The van der Waals surface area contributed by atoms with Crippen molar-refractivity contribution in [3.05, 3.63) is 48.4 Å². The van der Waals surface area contributed by atoms with Gasteiger partial charge in [-0.05, 0) is 18.8 Å². The van der Waals surface area contributed by atoms with E-state index in [0.717, 1.165) is 67.7 Å². The summed E-state index contributed by atoms with van der Waals surface area (Å²) in [5, 5.41) is 3.43. The molecule has 1 aromatic carbocycles. The van der Waals surface area contributed by atoms with E-state index in [9.17, 15) is 4.79 Å². The fourth-order valence-corrected chi connectivity index (χ4v) is 3.94. The molecule has 1 N–H and O–H groups in total. The normalized spacial score (nSPS) is 17.3. The standard InChI is InChI=1S/C23H27N5O2/c29-21(15-17-1-2-17)19-5-3-18(4-6-19)20-16-26-23-22(25-8-10-28(20)23)24-7-9-27-11-13-30-14-12-27/h3-6,8,10,16-17H,1-2,7,9,11-15H2,(H,24,25). The van der Waals surface area contributed by atoms with Crippen molar-refractivity contribution < 1.29 is 9.53 Å². The zero-order chi connectivity index (χ0) is 20.3. The average Bonchev–Trinajstić information content (AvgIpc) is 3.49. The number of rotatable bonds is 8. The predicted octanol–water partition coefficient (Wildman–Crippen LogP) is 3.12. The molecule has 1 aliphatic carbocycles. The molecule has 3 aromatic rings. The van der Waals surface area contributed by atoms with Gasteiger partial charge in [-0.1, -0.05) is 24.3 Å². The molecule has 0 bridgehead atoms. The molecule has 0 unspecified atom stereocenters. The molecule has 30 heavy (non-hydrogen) atoms. The van der Waals surface area contributed by atoms with Gasteiger partial charge in [-0.25, -0.2) is 9.97 Å². The summed E-state index contributed by atoms with van der Waals surface area (Å²) in [6, 6.07) is 7.88. The highest BCUT2D eigenvalue weighted by Crippen LogP contribution is 2.33. The van der Waals surface area contributed by atoms with Crippen LogP contribution in [0, 0.1) is 5.92 Å². The van der Waals surface area contributed by atoms with Crippen molar-refractivity contribution in [2.45, 2.75) is 19.3 Å². The van der Waals surface area contributed by atoms with Gasteiger partial charge in [0, 0.05) is 56.1 Å². The second-order valence-corrected chi connectivity index (χ2v) is 8.14. The van der Waals surface area contributed by atoms with Crippen LogP contribution < -0.4 is 5.32 Å². The number of ketones is 1. The Kier molecular flexibility index (Phi) is 5.46. The molecule has 0 amide bonds. The van der Waals surface area contributed by atoms with Gasteiger partial charge in [-0.15, -0.1) is 0 Å². The third-order valence-electron chi connectivity index (χ3n) is 5.93. The highest BCUT2D eigenvalue weighted by atomic mass is 16.5. The van der Waals surface area contributed by atoms with E-state index >= 15 is 0 Å². The minimum atomic E-state index is 0.248. The van der Waals surface area contributed by atoms with Crippen LogP contribution in [0.4, 0.5) is 5.82 Å². The third kappa shape index (κ3) is 4.22. The topological polar surface area (TPSA) is 71.8 Å². The van der Waals surface area contributed by atoms with E-state index in [1.54, 1.807) is 6.20 Å². The molecule has 3 heterocycles. The van der Waals surface area contributed by atoms with E-state index < -0.39 is 0 Å². The van der Waals surface area contributed by atoms with Crippen LogP contribution in [0.2, 0.25) is 0 Å². The number of nitrogens with zero attached hydrogens (tertiary/aromatic N) is 4. The Hall–Kier alpha value is -2.77. The van der Waals surface area contributed by atoms with Gasteiger partial charge in [0.2, 0.25) is 0 Å².